The predicted octanol–water partition coefficient (Wildman–Crippen LogP) is 1.26. The molecule has 1 aliphatic rings. The molecule has 0 radical (unpaired) electrons. The minimum absolute atomic E-state index is 0.137. The lowest BCUT2D eigenvalue weighted by atomic mass is 9.89. The molecule has 0 aliphatic heterocycles. The maximum Gasteiger partial charge on any atom is 0.315 e. The molecular weight excluding hydrogens is 236 g/mol. The van der Waals surface area contributed by atoms with E-state index < -0.39 is 23.3 Å². The first-order chi connectivity index (χ1) is 8.54. The maximum atomic E-state index is 11.5. The molecule has 0 amide bonds. The fourth-order valence-electron chi connectivity index (χ4n) is 2.45. The van der Waals surface area contributed by atoms with E-state index in [4.69, 9.17) is 9.84 Å². The van der Waals surface area contributed by atoms with Gasteiger partial charge in [-0.25, -0.2) is 0 Å². The number of hydrogen-bond acceptors (Lipinski definition) is 3. The monoisotopic (exact) mass is 250 g/mol. The van der Waals surface area contributed by atoms with Crippen LogP contribution in [0, 0.1) is 5.92 Å². The van der Waals surface area contributed by atoms with E-state index in [2.05, 4.69) is 0 Å². The number of methoxy groups -OCH3 is 1. The van der Waals surface area contributed by atoms with Crippen LogP contribution in [-0.4, -0.2) is 29.3 Å². The zero-order valence-corrected chi connectivity index (χ0v) is 9.92. The summed E-state index contributed by atoms with van der Waals surface area (Å²) in [6.45, 7) is 0.275. The number of carboxylic acid groups (broad SMARTS) is 2. The largest absolute Gasteiger partial charge is 0.481 e. The van der Waals surface area contributed by atoms with E-state index in [-0.39, 0.29) is 13.0 Å². The van der Waals surface area contributed by atoms with Gasteiger partial charge in [-0.2, -0.15) is 0 Å². The van der Waals surface area contributed by atoms with Gasteiger partial charge in [-0.15, -0.1) is 0 Å². The van der Waals surface area contributed by atoms with E-state index in [1.807, 2.05) is 0 Å². The molecule has 18 heavy (non-hydrogen) atoms. The van der Waals surface area contributed by atoms with Crippen molar-refractivity contribution < 1.29 is 24.5 Å². The molecule has 2 rings (SSSR count). The van der Waals surface area contributed by atoms with E-state index >= 15 is 0 Å². The Bertz CT molecular complexity index is 496. The van der Waals surface area contributed by atoms with Crippen LogP contribution in [0.1, 0.15) is 17.5 Å². The van der Waals surface area contributed by atoms with Gasteiger partial charge in [-0.3, -0.25) is 9.59 Å². The molecule has 0 heterocycles. The second-order valence-electron chi connectivity index (χ2n) is 4.46. The zero-order chi connectivity index (χ0) is 13.3. The highest BCUT2D eigenvalue weighted by Crippen LogP contribution is 2.55. The van der Waals surface area contributed by atoms with Crippen LogP contribution in [0.25, 0.3) is 0 Å². The normalized spacial score (nSPS) is 25.7. The van der Waals surface area contributed by atoms with Crippen molar-refractivity contribution in [1.29, 1.82) is 0 Å². The molecule has 5 nitrogen and oxygen atoms in total. The molecule has 1 saturated carbocycles. The van der Waals surface area contributed by atoms with Crippen molar-refractivity contribution in [3.63, 3.8) is 0 Å². The van der Waals surface area contributed by atoms with Crippen LogP contribution >= 0.6 is 0 Å². The van der Waals surface area contributed by atoms with Gasteiger partial charge in [-0.05, 0) is 17.5 Å². The van der Waals surface area contributed by atoms with Crippen LogP contribution in [0.3, 0.4) is 0 Å². The summed E-state index contributed by atoms with van der Waals surface area (Å²) in [5, 5.41) is 18.4. The van der Waals surface area contributed by atoms with Crippen LogP contribution in [0.2, 0.25) is 0 Å². The summed E-state index contributed by atoms with van der Waals surface area (Å²) in [6, 6.07) is 6.94. The lowest BCUT2D eigenvalue weighted by molar-refractivity contribution is -0.145. The van der Waals surface area contributed by atoms with Crippen LogP contribution < -0.4 is 0 Å². The molecular formula is C13H14O5. The van der Waals surface area contributed by atoms with Crippen LogP contribution in [0.4, 0.5) is 0 Å². The van der Waals surface area contributed by atoms with Crippen molar-refractivity contribution in [2.45, 2.75) is 18.4 Å². The topological polar surface area (TPSA) is 83.8 Å². The van der Waals surface area contributed by atoms with E-state index in [0.717, 1.165) is 5.56 Å². The Balaban J connectivity index is 2.46. The van der Waals surface area contributed by atoms with E-state index in [9.17, 15) is 14.7 Å². The van der Waals surface area contributed by atoms with Crippen molar-refractivity contribution in [2.75, 3.05) is 7.11 Å². The van der Waals surface area contributed by atoms with Crippen molar-refractivity contribution in [3.05, 3.63) is 35.4 Å². The van der Waals surface area contributed by atoms with Gasteiger partial charge in [0.15, 0.2) is 0 Å². The lowest BCUT2D eigenvalue weighted by Crippen LogP contribution is -2.26. The second-order valence-corrected chi connectivity index (χ2v) is 4.46. The van der Waals surface area contributed by atoms with Gasteiger partial charge < -0.3 is 14.9 Å². The Hall–Kier alpha value is -1.88. The fraction of sp³-hybridized carbons (Fsp3) is 0.385. The van der Waals surface area contributed by atoms with Gasteiger partial charge in [0.05, 0.1) is 12.5 Å². The van der Waals surface area contributed by atoms with E-state index in [0.29, 0.717) is 5.56 Å². The molecule has 0 aromatic heterocycles. The van der Waals surface area contributed by atoms with Gasteiger partial charge in [0.1, 0.15) is 5.41 Å². The highest BCUT2D eigenvalue weighted by molar-refractivity contribution is 5.95. The first-order valence-electron chi connectivity index (χ1n) is 5.57. The molecule has 1 fully saturated rings. The van der Waals surface area contributed by atoms with Crippen molar-refractivity contribution in [3.8, 4) is 0 Å². The Morgan fingerprint density at radius 1 is 1.39 bits per heavy atom. The molecule has 2 unspecified atom stereocenters. The number of carboxylic acids is 2. The van der Waals surface area contributed by atoms with Crippen molar-refractivity contribution in [2.24, 2.45) is 5.92 Å². The minimum atomic E-state index is -1.29. The van der Waals surface area contributed by atoms with Crippen molar-refractivity contribution >= 4 is 11.9 Å². The number of aliphatic carboxylic acids is 2. The molecule has 1 aromatic rings. The van der Waals surface area contributed by atoms with Crippen LogP contribution in [0.15, 0.2) is 24.3 Å². The van der Waals surface area contributed by atoms with Gasteiger partial charge in [0.2, 0.25) is 0 Å². The Morgan fingerprint density at radius 3 is 2.56 bits per heavy atom. The Labute approximate surface area is 104 Å². The molecule has 1 aromatic carbocycles. The summed E-state index contributed by atoms with van der Waals surface area (Å²) in [7, 11) is 1.52. The second kappa shape index (κ2) is 4.42. The molecule has 0 spiro atoms. The summed E-state index contributed by atoms with van der Waals surface area (Å²) in [6.07, 6.45) is 0.137. The average molecular weight is 250 g/mol. The molecule has 5 heteroatoms. The van der Waals surface area contributed by atoms with E-state index in [1.54, 1.807) is 24.3 Å². The molecule has 0 bridgehead atoms. The maximum absolute atomic E-state index is 11.5. The average Bonchev–Trinajstić information content (AvgIpc) is 3.07. The summed E-state index contributed by atoms with van der Waals surface area (Å²) in [5.41, 5.74) is -0.0149. The number of benzene rings is 1. The Kier molecular flexibility index (Phi) is 3.09. The van der Waals surface area contributed by atoms with Crippen LogP contribution in [0.5, 0.6) is 0 Å². The molecule has 96 valence electrons. The Morgan fingerprint density at radius 2 is 2.06 bits per heavy atom. The smallest absolute Gasteiger partial charge is 0.315 e. The quantitative estimate of drug-likeness (QED) is 0.821. The third-order valence-electron chi connectivity index (χ3n) is 3.44. The van der Waals surface area contributed by atoms with Gasteiger partial charge >= 0.3 is 11.9 Å². The number of rotatable bonds is 5. The highest BCUT2D eigenvalue weighted by atomic mass is 16.5. The van der Waals surface area contributed by atoms with Crippen LogP contribution in [-0.2, 0) is 26.3 Å². The third-order valence-corrected chi connectivity index (χ3v) is 3.44. The SMILES string of the molecule is COCc1ccccc1C1(C(=O)O)CC1C(=O)O. The standard InChI is InChI=1S/C13H14O5/c1-18-7-8-4-2-3-5-9(8)13(12(16)17)6-10(13)11(14)15/h2-5,10H,6-7H2,1H3,(H,14,15)(H,16,17). The summed E-state index contributed by atoms with van der Waals surface area (Å²) < 4.78 is 5.03. The van der Waals surface area contributed by atoms with Gasteiger partial charge in [-0.1, -0.05) is 24.3 Å². The first-order valence-corrected chi connectivity index (χ1v) is 5.57. The van der Waals surface area contributed by atoms with Crippen molar-refractivity contribution in [1.82, 2.24) is 0 Å². The number of ether oxygens (including phenoxy) is 1. The highest BCUT2D eigenvalue weighted by Gasteiger charge is 2.66. The fourth-order valence-corrected chi connectivity index (χ4v) is 2.45. The van der Waals surface area contributed by atoms with Gasteiger partial charge in [0, 0.05) is 7.11 Å². The lowest BCUT2D eigenvalue weighted by Gasteiger charge is -2.16. The molecule has 0 saturated heterocycles. The first kappa shape index (κ1) is 12.6. The molecule has 2 atom stereocenters. The summed E-state index contributed by atoms with van der Waals surface area (Å²) in [4.78, 5) is 22.5. The molecule has 2 N–H and O–H groups in total. The predicted molar refractivity (Wildman–Crippen MR) is 62.2 cm³/mol. The van der Waals surface area contributed by atoms with E-state index in [1.165, 1.54) is 7.11 Å². The summed E-state index contributed by atoms with van der Waals surface area (Å²) in [5.74, 6) is -3.00. The minimum Gasteiger partial charge on any atom is -0.481 e. The molecule has 1 aliphatic carbocycles. The third kappa shape index (κ3) is 1.76. The zero-order valence-electron chi connectivity index (χ0n) is 9.92. The van der Waals surface area contributed by atoms with Gasteiger partial charge in [0.25, 0.3) is 0 Å². The summed E-state index contributed by atoms with van der Waals surface area (Å²) >= 11 is 0. The number of hydrogen-bond donors (Lipinski definition) is 2. The number of carbonyl (C=O) groups is 2.